The Labute approximate surface area is 219 Å². The van der Waals surface area contributed by atoms with Crippen molar-refractivity contribution in [3.63, 3.8) is 0 Å². The molecule has 0 aliphatic carbocycles. The number of hydrogen-bond donors (Lipinski definition) is 1. The van der Waals surface area contributed by atoms with Crippen LogP contribution in [0, 0.1) is 10.1 Å². The van der Waals surface area contributed by atoms with Gasteiger partial charge in [0.1, 0.15) is 23.3 Å². The molecule has 0 saturated heterocycles. The van der Waals surface area contributed by atoms with Gasteiger partial charge in [0.25, 0.3) is 11.2 Å². The number of fused-ring (bicyclic) bond motifs is 1. The van der Waals surface area contributed by atoms with Crippen LogP contribution in [0.15, 0.2) is 86.1 Å². The van der Waals surface area contributed by atoms with Crippen molar-refractivity contribution in [1.29, 1.82) is 0 Å². The lowest BCUT2D eigenvalue weighted by atomic mass is 10.0. The normalized spacial score (nSPS) is 15.2. The molecule has 0 unspecified atom stereocenters. The number of aromatic hydroxyl groups is 1. The molecule has 3 heterocycles. The van der Waals surface area contributed by atoms with E-state index < -0.39 is 22.5 Å². The molecule has 2 aromatic carbocycles. The fourth-order valence-electron chi connectivity index (χ4n) is 4.25. The Bertz CT molecular complexity index is 1800. The Morgan fingerprint density at radius 2 is 2.03 bits per heavy atom. The summed E-state index contributed by atoms with van der Waals surface area (Å²) < 4.78 is 13.1. The van der Waals surface area contributed by atoms with Crippen LogP contribution in [-0.2, 0) is 9.53 Å². The second-order valence-electron chi connectivity index (χ2n) is 8.41. The summed E-state index contributed by atoms with van der Waals surface area (Å²) in [5, 5.41) is 21.0. The summed E-state index contributed by atoms with van der Waals surface area (Å²) >= 11 is 1.14. The van der Waals surface area contributed by atoms with Crippen molar-refractivity contribution >= 4 is 29.1 Å². The lowest BCUT2D eigenvalue weighted by Crippen LogP contribution is -2.39. The van der Waals surface area contributed by atoms with E-state index in [0.717, 1.165) is 11.3 Å². The maximum atomic E-state index is 13.6. The number of nitro benzene ring substituents is 1. The summed E-state index contributed by atoms with van der Waals surface area (Å²) in [6.45, 7) is 3.47. The van der Waals surface area contributed by atoms with Crippen molar-refractivity contribution in [3.05, 3.63) is 113 Å². The fourth-order valence-corrected chi connectivity index (χ4v) is 5.30. The SMILES string of the molecule is CCOC(=O)C1=C(C)N=c2s/c(=C\c3cccc(O)c3)c(=O)n2[C@@H]1c1ccc(-c2cccc([N+](=O)[O-])c2)o1. The molecule has 1 atom stereocenters. The van der Waals surface area contributed by atoms with E-state index in [1.165, 1.54) is 28.8 Å². The maximum absolute atomic E-state index is 13.6. The van der Waals surface area contributed by atoms with Gasteiger partial charge in [-0.2, -0.15) is 0 Å². The van der Waals surface area contributed by atoms with Crippen LogP contribution in [-0.4, -0.2) is 27.2 Å². The standard InChI is InChI=1S/C27H21N3O7S/c1-3-36-26(33)23-15(2)28-27-29(25(32)22(38-27)13-16-6-4-9-19(31)12-16)24(23)21-11-10-20(37-21)17-7-5-8-18(14-17)30(34)35/h4-14,24,31H,3H2,1-2H3/b22-13-/t24-/m1/s1. The number of phenolic OH excluding ortho intramolecular Hbond substituents is 1. The van der Waals surface area contributed by atoms with E-state index in [2.05, 4.69) is 4.99 Å². The van der Waals surface area contributed by atoms with Gasteiger partial charge in [0.2, 0.25) is 0 Å². The third-order valence-corrected chi connectivity index (χ3v) is 6.91. The smallest absolute Gasteiger partial charge is 0.338 e. The molecule has 0 spiro atoms. The number of carbonyl (C=O) groups excluding carboxylic acids is 1. The largest absolute Gasteiger partial charge is 0.508 e. The number of ether oxygens (including phenoxy) is 1. The molecular formula is C27H21N3O7S. The van der Waals surface area contributed by atoms with Crippen LogP contribution in [0.2, 0.25) is 0 Å². The highest BCUT2D eigenvalue weighted by molar-refractivity contribution is 7.07. The summed E-state index contributed by atoms with van der Waals surface area (Å²) in [7, 11) is 0. The molecule has 2 aromatic heterocycles. The number of allylic oxidation sites excluding steroid dienone is 1. The Morgan fingerprint density at radius 3 is 2.76 bits per heavy atom. The number of hydrogen-bond acceptors (Lipinski definition) is 9. The molecule has 10 nitrogen and oxygen atoms in total. The van der Waals surface area contributed by atoms with E-state index in [1.54, 1.807) is 56.3 Å². The topological polar surface area (TPSA) is 137 Å². The Balaban J connectivity index is 1.68. The van der Waals surface area contributed by atoms with E-state index in [0.29, 0.717) is 31.9 Å². The van der Waals surface area contributed by atoms with E-state index in [9.17, 15) is 24.8 Å². The van der Waals surface area contributed by atoms with Gasteiger partial charge in [-0.3, -0.25) is 19.5 Å². The molecule has 5 rings (SSSR count). The number of benzene rings is 2. The van der Waals surface area contributed by atoms with Gasteiger partial charge in [-0.1, -0.05) is 35.6 Å². The third kappa shape index (κ3) is 4.55. The van der Waals surface area contributed by atoms with Gasteiger partial charge in [-0.15, -0.1) is 0 Å². The molecule has 0 radical (unpaired) electrons. The zero-order valence-corrected chi connectivity index (χ0v) is 21.1. The predicted molar refractivity (Wildman–Crippen MR) is 139 cm³/mol. The average molecular weight is 532 g/mol. The Morgan fingerprint density at radius 1 is 1.24 bits per heavy atom. The highest BCUT2D eigenvalue weighted by atomic mass is 32.1. The molecule has 1 aliphatic rings. The molecule has 1 N–H and O–H groups in total. The second kappa shape index (κ2) is 9.94. The minimum Gasteiger partial charge on any atom is -0.508 e. The minimum atomic E-state index is -0.968. The van der Waals surface area contributed by atoms with Crippen LogP contribution in [0.3, 0.4) is 0 Å². The predicted octanol–water partition coefficient (Wildman–Crippen LogP) is 3.67. The van der Waals surface area contributed by atoms with Crippen LogP contribution in [0.25, 0.3) is 17.4 Å². The van der Waals surface area contributed by atoms with Gasteiger partial charge in [0.05, 0.1) is 27.3 Å². The number of esters is 1. The molecule has 0 bridgehead atoms. The zero-order chi connectivity index (χ0) is 27.0. The fraction of sp³-hybridized carbons (Fsp3) is 0.148. The first-order valence-corrected chi connectivity index (χ1v) is 12.4. The summed E-state index contributed by atoms with van der Waals surface area (Å²) in [6, 6.07) is 14.8. The first-order chi connectivity index (χ1) is 18.3. The molecule has 4 aromatic rings. The van der Waals surface area contributed by atoms with Crippen LogP contribution < -0.4 is 14.9 Å². The van der Waals surface area contributed by atoms with Crippen molar-refractivity contribution in [2.45, 2.75) is 19.9 Å². The molecule has 38 heavy (non-hydrogen) atoms. The molecule has 192 valence electrons. The minimum absolute atomic E-state index is 0.0640. The number of phenols is 1. The van der Waals surface area contributed by atoms with Crippen molar-refractivity contribution in [1.82, 2.24) is 4.57 Å². The maximum Gasteiger partial charge on any atom is 0.338 e. The van der Waals surface area contributed by atoms with Crippen LogP contribution in [0.4, 0.5) is 5.69 Å². The van der Waals surface area contributed by atoms with Gasteiger partial charge >= 0.3 is 5.97 Å². The quantitative estimate of drug-likeness (QED) is 0.228. The molecular weight excluding hydrogens is 510 g/mol. The number of thiazole rings is 1. The number of carbonyl (C=O) groups is 1. The van der Waals surface area contributed by atoms with Gasteiger partial charge in [0, 0.05) is 17.7 Å². The van der Waals surface area contributed by atoms with Crippen LogP contribution in [0.1, 0.15) is 31.2 Å². The first kappa shape index (κ1) is 24.9. The molecule has 11 heteroatoms. The van der Waals surface area contributed by atoms with Crippen molar-refractivity contribution in [2.75, 3.05) is 6.61 Å². The molecule has 0 saturated carbocycles. The van der Waals surface area contributed by atoms with E-state index >= 15 is 0 Å². The summed E-state index contributed by atoms with van der Waals surface area (Å²) in [5.41, 5.74) is 1.14. The summed E-state index contributed by atoms with van der Waals surface area (Å²) in [4.78, 5) is 42.3. The van der Waals surface area contributed by atoms with Gasteiger partial charge in [-0.25, -0.2) is 9.79 Å². The van der Waals surface area contributed by atoms with Crippen molar-refractivity contribution in [2.24, 2.45) is 4.99 Å². The number of rotatable bonds is 6. The second-order valence-corrected chi connectivity index (χ2v) is 9.42. The summed E-state index contributed by atoms with van der Waals surface area (Å²) in [5.74, 6) is 0.0423. The van der Waals surface area contributed by atoms with Crippen molar-refractivity contribution in [3.8, 4) is 17.1 Å². The Kier molecular flexibility index (Phi) is 6.52. The summed E-state index contributed by atoms with van der Waals surface area (Å²) in [6.07, 6.45) is 1.64. The third-order valence-electron chi connectivity index (χ3n) is 5.92. The van der Waals surface area contributed by atoms with Crippen molar-refractivity contribution < 1.29 is 24.0 Å². The number of furan rings is 1. The van der Waals surface area contributed by atoms with Crippen LogP contribution >= 0.6 is 11.3 Å². The number of non-ortho nitro benzene ring substituents is 1. The average Bonchev–Trinajstić information content (AvgIpc) is 3.49. The molecule has 1 aliphatic heterocycles. The van der Waals surface area contributed by atoms with E-state index in [-0.39, 0.29) is 29.4 Å². The van der Waals surface area contributed by atoms with Gasteiger partial charge in [-0.05, 0) is 49.8 Å². The number of aromatic nitrogens is 1. The zero-order valence-electron chi connectivity index (χ0n) is 20.3. The van der Waals surface area contributed by atoms with Gasteiger partial charge in [0.15, 0.2) is 4.80 Å². The number of nitrogens with zero attached hydrogens (tertiary/aromatic N) is 3. The van der Waals surface area contributed by atoms with E-state index in [1.807, 2.05) is 0 Å². The molecule has 0 amide bonds. The first-order valence-electron chi connectivity index (χ1n) is 11.6. The lowest BCUT2D eigenvalue weighted by molar-refractivity contribution is -0.384. The van der Waals surface area contributed by atoms with Crippen LogP contribution in [0.5, 0.6) is 5.75 Å². The van der Waals surface area contributed by atoms with E-state index in [4.69, 9.17) is 9.15 Å². The van der Waals surface area contributed by atoms with Gasteiger partial charge < -0.3 is 14.3 Å². The lowest BCUT2D eigenvalue weighted by Gasteiger charge is -2.22. The highest BCUT2D eigenvalue weighted by Gasteiger charge is 2.35. The Hall–Kier alpha value is -4.77. The molecule has 0 fully saturated rings. The monoisotopic (exact) mass is 531 g/mol. The number of nitro groups is 1. The highest BCUT2D eigenvalue weighted by Crippen LogP contribution is 2.34.